The summed E-state index contributed by atoms with van der Waals surface area (Å²) in [6.07, 6.45) is -4.35. The third kappa shape index (κ3) is 2.69. The fraction of sp³-hybridized carbons (Fsp3) is 0.125. The summed E-state index contributed by atoms with van der Waals surface area (Å²) in [7, 11) is 0. The highest BCUT2D eigenvalue weighted by Gasteiger charge is 2.42. The number of benzene rings is 1. The molecule has 0 heterocycles. The van der Waals surface area contributed by atoms with Crippen molar-refractivity contribution in [3.63, 3.8) is 0 Å². The summed E-state index contributed by atoms with van der Waals surface area (Å²) >= 11 is 5.41. The van der Waals surface area contributed by atoms with E-state index < -0.39 is 23.6 Å². The van der Waals surface area contributed by atoms with Crippen LogP contribution < -0.4 is 4.74 Å². The third-order valence-electron chi connectivity index (χ3n) is 1.41. The minimum absolute atomic E-state index is 0.0546. The van der Waals surface area contributed by atoms with Crippen LogP contribution in [-0.2, 0) is 4.79 Å². The Morgan fingerprint density at radius 2 is 2.07 bits per heavy atom. The average molecular weight is 239 g/mol. The van der Waals surface area contributed by atoms with Crippen molar-refractivity contribution in [3.8, 4) is 11.5 Å². The maximum absolute atomic E-state index is 12.5. The Balaban J connectivity index is 2.91. The van der Waals surface area contributed by atoms with Gasteiger partial charge >= 0.3 is 12.1 Å². The summed E-state index contributed by atoms with van der Waals surface area (Å²) in [6.45, 7) is 0. The second-order valence-corrected chi connectivity index (χ2v) is 2.94. The van der Waals surface area contributed by atoms with Crippen LogP contribution in [0.25, 0.3) is 0 Å². The Hall–Kier alpha value is -1.56. The summed E-state index contributed by atoms with van der Waals surface area (Å²) < 4.78 is 28.9. The van der Waals surface area contributed by atoms with Gasteiger partial charge in [-0.1, -0.05) is 11.6 Å². The Bertz CT molecular complexity index is 394. The molecule has 7 heteroatoms. The molecule has 0 saturated carbocycles. The lowest BCUT2D eigenvalue weighted by atomic mass is 10.3. The van der Waals surface area contributed by atoms with E-state index in [0.717, 1.165) is 18.2 Å². The molecule has 0 amide bonds. The third-order valence-corrected chi connectivity index (χ3v) is 1.73. The van der Waals surface area contributed by atoms with Gasteiger partial charge in [-0.05, 0) is 12.1 Å². The van der Waals surface area contributed by atoms with Crippen molar-refractivity contribution in [2.45, 2.75) is 6.11 Å². The van der Waals surface area contributed by atoms with Crippen molar-refractivity contribution in [1.29, 1.82) is 0 Å². The molecule has 0 bridgehead atoms. The number of alkyl halides is 2. The highest BCUT2D eigenvalue weighted by molar-refractivity contribution is 6.32. The van der Waals surface area contributed by atoms with Gasteiger partial charge in [0, 0.05) is 6.07 Å². The summed E-state index contributed by atoms with van der Waals surface area (Å²) in [5.41, 5.74) is 0. The van der Waals surface area contributed by atoms with Gasteiger partial charge in [-0.15, -0.1) is 0 Å². The molecule has 0 spiro atoms. The summed E-state index contributed by atoms with van der Waals surface area (Å²) in [6, 6.07) is 2.90. The molecule has 0 aliphatic heterocycles. The van der Waals surface area contributed by atoms with Crippen LogP contribution >= 0.6 is 11.6 Å². The number of aliphatic carboxylic acids is 1. The van der Waals surface area contributed by atoms with E-state index >= 15 is 0 Å². The molecule has 0 fully saturated rings. The van der Waals surface area contributed by atoms with Crippen molar-refractivity contribution in [2.24, 2.45) is 0 Å². The van der Waals surface area contributed by atoms with E-state index in [1.807, 2.05) is 0 Å². The number of aromatic hydroxyl groups is 1. The number of phenols is 1. The molecule has 15 heavy (non-hydrogen) atoms. The Labute approximate surface area is 87.7 Å². The lowest BCUT2D eigenvalue weighted by Crippen LogP contribution is -2.34. The molecule has 0 aliphatic carbocycles. The maximum Gasteiger partial charge on any atom is 0.501 e. The average Bonchev–Trinajstić information content (AvgIpc) is 2.10. The molecule has 4 nitrogen and oxygen atoms in total. The molecule has 0 unspecified atom stereocenters. The van der Waals surface area contributed by atoms with Gasteiger partial charge in [0.15, 0.2) is 0 Å². The number of phenolic OH excluding ortho intramolecular Hbond substituents is 1. The first-order chi connectivity index (χ1) is 6.83. The van der Waals surface area contributed by atoms with E-state index in [1.165, 1.54) is 0 Å². The molecule has 2 N–H and O–H groups in total. The monoisotopic (exact) mass is 238 g/mol. The molecule has 1 aromatic carbocycles. The molecule has 0 radical (unpaired) electrons. The minimum atomic E-state index is -4.35. The van der Waals surface area contributed by atoms with Crippen LogP contribution in [0, 0.1) is 0 Å². The zero-order valence-electron chi connectivity index (χ0n) is 7.08. The number of ether oxygens (including phenoxy) is 1. The molecule has 1 aromatic rings. The van der Waals surface area contributed by atoms with Crippen molar-refractivity contribution < 1.29 is 28.5 Å². The molecular weight excluding hydrogens is 234 g/mol. The Morgan fingerprint density at radius 1 is 1.47 bits per heavy atom. The number of halogens is 3. The van der Waals surface area contributed by atoms with Crippen LogP contribution in [0.5, 0.6) is 11.5 Å². The first kappa shape index (κ1) is 11.5. The van der Waals surface area contributed by atoms with Crippen molar-refractivity contribution >= 4 is 17.6 Å². The van der Waals surface area contributed by atoms with Gasteiger partial charge in [0.05, 0.1) is 5.02 Å². The highest BCUT2D eigenvalue weighted by Crippen LogP contribution is 2.30. The topological polar surface area (TPSA) is 66.8 Å². The predicted molar refractivity (Wildman–Crippen MR) is 46.3 cm³/mol. The van der Waals surface area contributed by atoms with Crippen LogP contribution in [0.1, 0.15) is 0 Å². The summed E-state index contributed by atoms with van der Waals surface area (Å²) in [4.78, 5) is 10.0. The zero-order valence-corrected chi connectivity index (χ0v) is 7.83. The normalized spacial score (nSPS) is 11.1. The molecule has 82 valence electrons. The first-order valence-corrected chi connectivity index (χ1v) is 3.99. The van der Waals surface area contributed by atoms with Gasteiger partial charge in [-0.25, -0.2) is 4.79 Å². The van der Waals surface area contributed by atoms with E-state index in [-0.39, 0.29) is 5.02 Å². The van der Waals surface area contributed by atoms with Gasteiger partial charge in [0.1, 0.15) is 11.5 Å². The maximum atomic E-state index is 12.5. The largest absolute Gasteiger partial charge is 0.506 e. The van der Waals surface area contributed by atoms with E-state index in [9.17, 15) is 13.6 Å². The smallest absolute Gasteiger partial charge is 0.501 e. The standard InChI is InChI=1S/C8H5ClF2O4/c9-5-2-1-4(3-6(5)12)15-8(10,11)7(13)14/h1-3,12H,(H,13,14). The quantitative estimate of drug-likeness (QED) is 0.846. The van der Waals surface area contributed by atoms with E-state index in [0.29, 0.717) is 0 Å². The fourth-order valence-corrected chi connectivity index (χ4v) is 0.865. The molecule has 0 aromatic heterocycles. The van der Waals surface area contributed by atoms with E-state index in [1.54, 1.807) is 0 Å². The van der Waals surface area contributed by atoms with Gasteiger partial charge < -0.3 is 14.9 Å². The highest BCUT2D eigenvalue weighted by atomic mass is 35.5. The van der Waals surface area contributed by atoms with Crippen molar-refractivity contribution in [3.05, 3.63) is 23.2 Å². The van der Waals surface area contributed by atoms with Gasteiger partial charge in [-0.2, -0.15) is 8.78 Å². The number of hydrogen-bond acceptors (Lipinski definition) is 3. The number of hydrogen-bond donors (Lipinski definition) is 2. The van der Waals surface area contributed by atoms with Crippen molar-refractivity contribution in [1.82, 2.24) is 0 Å². The number of carbonyl (C=O) groups is 1. The molecule has 1 rings (SSSR count). The summed E-state index contributed by atoms with van der Waals surface area (Å²) in [5, 5.41) is 17.0. The minimum Gasteiger partial charge on any atom is -0.506 e. The fourth-order valence-electron chi connectivity index (χ4n) is 0.748. The van der Waals surface area contributed by atoms with Gasteiger partial charge in [0.25, 0.3) is 0 Å². The van der Waals surface area contributed by atoms with Gasteiger partial charge in [-0.3, -0.25) is 0 Å². The van der Waals surface area contributed by atoms with Gasteiger partial charge in [0.2, 0.25) is 0 Å². The predicted octanol–water partition coefficient (Wildman–Crippen LogP) is 2.10. The number of carboxylic acids is 1. The lowest BCUT2D eigenvalue weighted by Gasteiger charge is -2.13. The second kappa shape index (κ2) is 3.90. The van der Waals surface area contributed by atoms with Crippen molar-refractivity contribution in [2.75, 3.05) is 0 Å². The van der Waals surface area contributed by atoms with E-state index in [2.05, 4.69) is 4.74 Å². The first-order valence-electron chi connectivity index (χ1n) is 3.61. The van der Waals surface area contributed by atoms with Crippen LogP contribution in [0.4, 0.5) is 8.78 Å². The number of rotatable bonds is 3. The molecule has 0 saturated heterocycles. The lowest BCUT2D eigenvalue weighted by molar-refractivity contribution is -0.210. The second-order valence-electron chi connectivity index (χ2n) is 2.54. The Kier molecular flexibility index (Phi) is 2.99. The molecule has 0 atom stereocenters. The zero-order chi connectivity index (χ0) is 11.6. The summed E-state index contributed by atoms with van der Waals surface area (Å²) in [5.74, 6) is -3.39. The van der Waals surface area contributed by atoms with Crippen LogP contribution in [0.15, 0.2) is 18.2 Å². The SMILES string of the molecule is O=C(O)C(F)(F)Oc1ccc(Cl)c(O)c1. The molecule has 0 aliphatic rings. The Morgan fingerprint density at radius 3 is 2.53 bits per heavy atom. The molecular formula is C8H5ClF2O4. The van der Waals surface area contributed by atoms with Crippen LogP contribution in [-0.4, -0.2) is 22.3 Å². The number of carboxylic acid groups (broad SMARTS) is 1. The van der Waals surface area contributed by atoms with Crippen LogP contribution in [0.2, 0.25) is 5.02 Å². The van der Waals surface area contributed by atoms with E-state index in [4.69, 9.17) is 21.8 Å². The van der Waals surface area contributed by atoms with Crippen LogP contribution in [0.3, 0.4) is 0 Å².